The fraction of sp³-hybridized carbons (Fsp3) is 0.523. The van der Waals surface area contributed by atoms with E-state index in [1.165, 1.54) is 30.3 Å². The maximum absolute atomic E-state index is 12.7. The molecule has 1 fully saturated rings. The van der Waals surface area contributed by atoms with E-state index in [9.17, 15) is 38.5 Å². The topological polar surface area (TPSA) is 310 Å². The highest BCUT2D eigenvalue weighted by molar-refractivity contribution is 6.01. The van der Waals surface area contributed by atoms with E-state index in [0.717, 1.165) is 0 Å². The molecule has 1 aliphatic rings. The second-order valence-electron chi connectivity index (χ2n) is 14.5. The Morgan fingerprint density at radius 3 is 1.78 bits per heavy atom. The van der Waals surface area contributed by atoms with Crippen LogP contribution in [-0.4, -0.2) is 159 Å². The number of benzene rings is 2. The predicted octanol–water partition coefficient (Wildman–Crippen LogP) is 1.32. The minimum Gasteiger partial charge on any atom is -0.484 e. The summed E-state index contributed by atoms with van der Waals surface area (Å²) in [5, 5.41) is 11.9. The number of rotatable bonds is 36. The SMILES string of the molecule is Nc1cc(C(=O)NCCCOCCOCCOCCCNC(=O)c2cc3ccc(OCC(=O)NCCOCCOCCOCCOCCC(=O)ON4C(=O)CCC4=O)cc3oc2=O)ccc1N=O. The number of nitrogens with one attached hydrogen (secondary N) is 3. The number of hydrogen-bond donors (Lipinski definition) is 4. The molecule has 3 aromatic rings. The van der Waals surface area contributed by atoms with Gasteiger partial charge in [0.15, 0.2) is 6.61 Å². The lowest BCUT2D eigenvalue weighted by molar-refractivity contribution is -0.198. The molecular weight excluding hydrogens is 901 g/mol. The maximum atomic E-state index is 12.7. The van der Waals surface area contributed by atoms with Crippen molar-refractivity contribution in [1.29, 1.82) is 0 Å². The summed E-state index contributed by atoms with van der Waals surface area (Å²) in [6.45, 7) is 4.86. The third-order valence-corrected chi connectivity index (χ3v) is 9.29. The van der Waals surface area contributed by atoms with Gasteiger partial charge in [0.1, 0.15) is 22.6 Å². The minimum absolute atomic E-state index is 0.0299. The molecule has 0 unspecified atom stereocenters. The number of hydrogen-bond acceptors (Lipinski definition) is 20. The Hall–Kier alpha value is -6.41. The Kier molecular flexibility index (Phi) is 25.1. The number of anilines is 1. The number of nitrogen functional groups attached to an aromatic ring is 1. The largest absolute Gasteiger partial charge is 0.484 e. The molecule has 4 rings (SSSR count). The number of imide groups is 1. The van der Waals surface area contributed by atoms with E-state index >= 15 is 0 Å². The van der Waals surface area contributed by atoms with Crippen molar-refractivity contribution in [3.8, 4) is 5.75 Å². The average molecular weight is 959 g/mol. The van der Waals surface area contributed by atoms with E-state index in [2.05, 4.69) is 21.1 Å². The van der Waals surface area contributed by atoms with Crippen LogP contribution in [0.3, 0.4) is 0 Å². The Bertz CT molecular complexity index is 2150. The Morgan fingerprint density at radius 1 is 0.632 bits per heavy atom. The molecule has 2 aromatic carbocycles. The lowest BCUT2D eigenvalue weighted by atomic mass is 10.1. The predicted molar refractivity (Wildman–Crippen MR) is 239 cm³/mol. The molecule has 1 aromatic heterocycles. The number of amides is 5. The van der Waals surface area contributed by atoms with Gasteiger partial charge in [-0.1, -0.05) is 0 Å². The van der Waals surface area contributed by atoms with Gasteiger partial charge in [0.25, 0.3) is 29.5 Å². The van der Waals surface area contributed by atoms with Gasteiger partial charge in [0.2, 0.25) is 0 Å². The molecule has 0 atom stereocenters. The number of fused-ring (bicyclic) bond motifs is 1. The van der Waals surface area contributed by atoms with Crippen LogP contribution in [0.15, 0.2) is 56.9 Å². The van der Waals surface area contributed by atoms with Gasteiger partial charge < -0.3 is 68.8 Å². The maximum Gasteiger partial charge on any atom is 0.349 e. The summed E-state index contributed by atoms with van der Waals surface area (Å²) in [7, 11) is 0. The van der Waals surface area contributed by atoms with Gasteiger partial charge >= 0.3 is 11.6 Å². The standard InChI is InChI=1S/C44H58N6O18/c45-35-28-32(4-6-36(35)49-58)42(55)47-10-1-13-59-17-21-63-22-18-60-14-2-11-48-43(56)34-27-31-3-5-33(29-37(31)67-44(34)57)66-30-38(51)46-12-16-62-20-24-65-26-25-64-23-19-61-15-9-41(54)68-50-39(52)7-8-40(50)53/h3-6,27-29H,1-2,7-26,30,45H2,(H,46,51)(H,47,55)(H,48,56). The second-order valence-corrected chi connectivity index (χ2v) is 14.5. The monoisotopic (exact) mass is 958 g/mol. The van der Waals surface area contributed by atoms with Crippen molar-refractivity contribution in [1.82, 2.24) is 21.0 Å². The fourth-order valence-corrected chi connectivity index (χ4v) is 5.80. The van der Waals surface area contributed by atoms with Crippen molar-refractivity contribution < 1.29 is 75.9 Å². The smallest absolute Gasteiger partial charge is 0.349 e. The molecule has 5 amide bonds. The van der Waals surface area contributed by atoms with Crippen molar-refractivity contribution in [2.45, 2.75) is 32.1 Å². The van der Waals surface area contributed by atoms with E-state index in [-0.39, 0.29) is 99.6 Å². The van der Waals surface area contributed by atoms with E-state index in [1.807, 2.05) is 0 Å². The Balaban J connectivity index is 0.920. The summed E-state index contributed by atoms with van der Waals surface area (Å²) in [4.78, 5) is 99.7. The van der Waals surface area contributed by atoms with E-state index in [0.29, 0.717) is 101 Å². The van der Waals surface area contributed by atoms with Crippen LogP contribution in [0, 0.1) is 4.91 Å². The lowest BCUT2D eigenvalue weighted by Crippen LogP contribution is -2.32. The minimum atomic E-state index is -0.827. The molecule has 24 heteroatoms. The molecular formula is C44H58N6O18. The number of ether oxygens (including phenoxy) is 8. The first-order chi connectivity index (χ1) is 33.0. The normalized spacial score (nSPS) is 12.3. The van der Waals surface area contributed by atoms with Crippen LogP contribution >= 0.6 is 0 Å². The zero-order valence-electron chi connectivity index (χ0n) is 37.6. The number of carbonyl (C=O) groups is 6. The molecule has 372 valence electrons. The second kappa shape index (κ2) is 31.5. The number of hydroxylamine groups is 2. The van der Waals surface area contributed by atoms with Crippen LogP contribution in [0.1, 0.15) is 52.8 Å². The number of nitroso groups, excluding NO2 is 1. The average Bonchev–Trinajstić information content (AvgIpc) is 3.64. The highest BCUT2D eigenvalue weighted by Crippen LogP contribution is 2.23. The highest BCUT2D eigenvalue weighted by Gasteiger charge is 2.32. The van der Waals surface area contributed by atoms with E-state index in [1.54, 1.807) is 12.1 Å². The number of nitrogens with zero attached hydrogens (tertiary/aromatic N) is 2. The number of nitrogens with two attached hydrogens (primary N) is 1. The third kappa shape index (κ3) is 20.6. The fourth-order valence-electron chi connectivity index (χ4n) is 5.80. The summed E-state index contributed by atoms with van der Waals surface area (Å²) in [5.74, 6) is -2.82. The first kappa shape index (κ1) is 54.2. The van der Waals surface area contributed by atoms with Gasteiger partial charge in [-0.05, 0) is 54.4 Å². The lowest BCUT2D eigenvalue weighted by Gasteiger charge is -2.12. The van der Waals surface area contributed by atoms with Gasteiger partial charge in [-0.3, -0.25) is 24.0 Å². The van der Waals surface area contributed by atoms with Gasteiger partial charge in [-0.15, -0.1) is 9.97 Å². The van der Waals surface area contributed by atoms with Crippen LogP contribution < -0.4 is 32.0 Å². The molecule has 0 bridgehead atoms. The van der Waals surface area contributed by atoms with Crippen molar-refractivity contribution in [2.75, 3.05) is 124 Å². The molecule has 5 N–H and O–H groups in total. The Labute approximate surface area is 390 Å². The molecule has 68 heavy (non-hydrogen) atoms. The summed E-state index contributed by atoms with van der Waals surface area (Å²) < 4.78 is 48.9. The molecule has 0 aliphatic carbocycles. The summed E-state index contributed by atoms with van der Waals surface area (Å²) in [6.07, 6.45) is 1.03. The zero-order valence-corrected chi connectivity index (χ0v) is 37.6. The Morgan fingerprint density at radius 2 is 1.19 bits per heavy atom. The van der Waals surface area contributed by atoms with E-state index in [4.69, 9.17) is 52.9 Å². The highest BCUT2D eigenvalue weighted by atomic mass is 16.7. The quantitative estimate of drug-likeness (QED) is 0.0210. The van der Waals surface area contributed by atoms with Gasteiger partial charge in [0.05, 0.1) is 91.4 Å². The van der Waals surface area contributed by atoms with Crippen LogP contribution in [0.25, 0.3) is 11.0 Å². The molecule has 0 spiro atoms. The van der Waals surface area contributed by atoms with Crippen molar-refractivity contribution >= 4 is 57.8 Å². The molecule has 2 heterocycles. The molecule has 0 radical (unpaired) electrons. The van der Waals surface area contributed by atoms with Crippen LogP contribution in [-0.2, 0) is 57.2 Å². The van der Waals surface area contributed by atoms with Crippen molar-refractivity contribution in [3.63, 3.8) is 0 Å². The van der Waals surface area contributed by atoms with Gasteiger partial charge in [-0.25, -0.2) is 9.59 Å². The van der Waals surface area contributed by atoms with Crippen LogP contribution in [0.5, 0.6) is 5.75 Å². The first-order valence-electron chi connectivity index (χ1n) is 21.9. The third-order valence-electron chi connectivity index (χ3n) is 9.29. The molecule has 1 saturated heterocycles. The van der Waals surface area contributed by atoms with Crippen molar-refractivity contribution in [3.05, 3.63) is 68.9 Å². The van der Waals surface area contributed by atoms with Crippen LogP contribution in [0.4, 0.5) is 11.4 Å². The summed E-state index contributed by atoms with van der Waals surface area (Å²) >= 11 is 0. The summed E-state index contributed by atoms with van der Waals surface area (Å²) in [6, 6.07) is 10.3. The molecule has 1 aliphatic heterocycles. The zero-order chi connectivity index (χ0) is 48.8. The molecule has 24 nitrogen and oxygen atoms in total. The van der Waals surface area contributed by atoms with Gasteiger partial charge in [-0.2, -0.15) is 0 Å². The summed E-state index contributed by atoms with van der Waals surface area (Å²) in [5.41, 5.74) is 5.43. The first-order valence-corrected chi connectivity index (χ1v) is 21.9. The van der Waals surface area contributed by atoms with Crippen LogP contribution in [0.2, 0.25) is 0 Å². The molecule has 0 saturated carbocycles. The van der Waals surface area contributed by atoms with Crippen molar-refractivity contribution in [2.24, 2.45) is 5.18 Å². The number of carbonyl (C=O) groups excluding carboxylic acids is 6. The van der Waals surface area contributed by atoms with Gasteiger partial charge in [0, 0.05) is 62.7 Å². The van der Waals surface area contributed by atoms with E-state index < -0.39 is 35.2 Å².